The third-order valence-electron chi connectivity index (χ3n) is 11.9. The maximum absolute atomic E-state index is 3.64. The van der Waals surface area contributed by atoms with E-state index in [-0.39, 0.29) is 5.41 Å². The molecule has 51 heavy (non-hydrogen) atoms. The Morgan fingerprint density at radius 2 is 1.16 bits per heavy atom. The van der Waals surface area contributed by atoms with Crippen LogP contribution in [0.5, 0.6) is 0 Å². The molecule has 0 amide bonds. The summed E-state index contributed by atoms with van der Waals surface area (Å²) in [6.45, 7) is 0. The van der Waals surface area contributed by atoms with Crippen LogP contribution >= 0.6 is 0 Å². The van der Waals surface area contributed by atoms with Gasteiger partial charge in [0.05, 0.1) is 5.69 Å². The lowest BCUT2D eigenvalue weighted by atomic mass is 9.67. The molecule has 2 bridgehead atoms. The van der Waals surface area contributed by atoms with E-state index >= 15 is 0 Å². The maximum atomic E-state index is 3.64. The highest BCUT2D eigenvalue weighted by molar-refractivity contribution is 5.96. The molecule has 0 heterocycles. The van der Waals surface area contributed by atoms with Gasteiger partial charge in [-0.2, -0.15) is 0 Å². The summed E-state index contributed by atoms with van der Waals surface area (Å²) in [6, 6.07) is 64.4. The Bertz CT molecular complexity index is 2380. The van der Waals surface area contributed by atoms with E-state index in [2.05, 4.69) is 180 Å². The molecule has 7 aromatic carbocycles. The Morgan fingerprint density at radius 1 is 0.510 bits per heavy atom. The summed E-state index contributed by atoms with van der Waals surface area (Å²) in [5.41, 5.74) is 16.6. The van der Waals surface area contributed by atoms with E-state index in [0.717, 1.165) is 28.9 Å². The fourth-order valence-electron chi connectivity index (χ4n) is 9.82. The SMILES string of the molecule is c1ccc(Nc2ccccc2-c2cccc(-c3cccc(N(c4ccccc4)c4cccc5c4-c4ccccc4C54CC5CCC4C5)c3)c2)cc1. The Labute approximate surface area is 301 Å². The van der Waals surface area contributed by atoms with Gasteiger partial charge in [-0.05, 0) is 119 Å². The van der Waals surface area contributed by atoms with Crippen molar-refractivity contribution in [1.29, 1.82) is 0 Å². The number of nitrogens with one attached hydrogen (secondary N) is 1. The molecule has 3 aliphatic rings. The van der Waals surface area contributed by atoms with Crippen LogP contribution in [0, 0.1) is 11.8 Å². The monoisotopic (exact) mass is 656 g/mol. The fraction of sp³-hybridized carbons (Fsp3) is 0.143. The van der Waals surface area contributed by atoms with Gasteiger partial charge in [0, 0.05) is 39.3 Å². The fourth-order valence-corrected chi connectivity index (χ4v) is 9.82. The molecular formula is C49H40N2. The molecule has 1 N–H and O–H groups in total. The predicted molar refractivity (Wildman–Crippen MR) is 213 cm³/mol. The third-order valence-corrected chi connectivity index (χ3v) is 11.9. The molecule has 1 spiro atoms. The summed E-state index contributed by atoms with van der Waals surface area (Å²) in [5, 5.41) is 3.64. The molecule has 0 aromatic heterocycles. The molecule has 2 fully saturated rings. The number of para-hydroxylation sites is 3. The molecule has 0 saturated heterocycles. The number of hydrogen-bond donors (Lipinski definition) is 1. The van der Waals surface area contributed by atoms with Crippen LogP contribution in [-0.4, -0.2) is 0 Å². The average Bonchev–Trinajstić information content (AvgIpc) is 3.89. The van der Waals surface area contributed by atoms with Crippen LogP contribution in [0.2, 0.25) is 0 Å². The second-order valence-corrected chi connectivity index (χ2v) is 14.6. The van der Waals surface area contributed by atoms with E-state index in [9.17, 15) is 0 Å². The van der Waals surface area contributed by atoms with E-state index in [1.807, 2.05) is 6.07 Å². The lowest BCUT2D eigenvalue weighted by molar-refractivity contribution is 0.327. The van der Waals surface area contributed by atoms with Gasteiger partial charge >= 0.3 is 0 Å². The topological polar surface area (TPSA) is 15.3 Å². The van der Waals surface area contributed by atoms with E-state index in [1.54, 1.807) is 11.1 Å². The van der Waals surface area contributed by atoms with Crippen molar-refractivity contribution in [3.8, 4) is 33.4 Å². The van der Waals surface area contributed by atoms with Crippen molar-refractivity contribution in [3.05, 3.63) is 187 Å². The number of nitrogens with zero attached hydrogens (tertiary/aromatic N) is 1. The second kappa shape index (κ2) is 12.2. The van der Waals surface area contributed by atoms with Gasteiger partial charge in [0.15, 0.2) is 0 Å². The second-order valence-electron chi connectivity index (χ2n) is 14.6. The molecule has 2 nitrogen and oxygen atoms in total. The summed E-state index contributed by atoms with van der Waals surface area (Å²) in [6.07, 6.45) is 5.39. The van der Waals surface area contributed by atoms with E-state index in [4.69, 9.17) is 0 Å². The molecule has 2 heteroatoms. The summed E-state index contributed by atoms with van der Waals surface area (Å²) in [5.74, 6) is 1.57. The van der Waals surface area contributed by atoms with Crippen molar-refractivity contribution < 1.29 is 0 Å². The van der Waals surface area contributed by atoms with Crippen LogP contribution in [0.1, 0.15) is 36.8 Å². The van der Waals surface area contributed by atoms with Gasteiger partial charge in [-0.25, -0.2) is 0 Å². The molecule has 3 atom stereocenters. The number of benzene rings is 7. The highest BCUT2D eigenvalue weighted by Gasteiger charge is 2.57. The van der Waals surface area contributed by atoms with Crippen LogP contribution in [0.3, 0.4) is 0 Å². The molecule has 246 valence electrons. The minimum Gasteiger partial charge on any atom is -0.355 e. The standard InChI is InChI=1S/C49H40N2/c1-3-17-39(18-4-1)50-46-26-10-8-22-42(46)37-16-11-14-35(31-37)36-15-12-21-41(32-36)51(40-19-5-2-6-20-40)47-27-13-25-45-48(47)43-23-7-9-24-44(43)49(45)33-34-28-29-38(49)30-34/h1-27,31-32,34,38,50H,28-30,33H2. The Balaban J connectivity index is 1.09. The summed E-state index contributed by atoms with van der Waals surface area (Å²) in [4.78, 5) is 2.49. The number of anilines is 5. The van der Waals surface area contributed by atoms with Crippen molar-refractivity contribution >= 4 is 28.4 Å². The molecular weight excluding hydrogens is 617 g/mol. The molecule has 2 saturated carbocycles. The van der Waals surface area contributed by atoms with E-state index in [0.29, 0.717) is 0 Å². The molecule has 3 unspecified atom stereocenters. The molecule has 10 rings (SSSR count). The van der Waals surface area contributed by atoms with E-state index in [1.165, 1.54) is 70.4 Å². The zero-order valence-electron chi connectivity index (χ0n) is 28.7. The van der Waals surface area contributed by atoms with Gasteiger partial charge in [-0.1, -0.05) is 128 Å². The quantitative estimate of drug-likeness (QED) is 0.184. The van der Waals surface area contributed by atoms with Crippen molar-refractivity contribution in [2.24, 2.45) is 11.8 Å². The molecule has 0 radical (unpaired) electrons. The van der Waals surface area contributed by atoms with Gasteiger partial charge < -0.3 is 10.2 Å². The van der Waals surface area contributed by atoms with Gasteiger partial charge in [0.2, 0.25) is 0 Å². The average molecular weight is 657 g/mol. The Hall–Kier alpha value is -5.86. The first-order valence-electron chi connectivity index (χ1n) is 18.5. The summed E-state index contributed by atoms with van der Waals surface area (Å²) >= 11 is 0. The lowest BCUT2D eigenvalue weighted by Crippen LogP contribution is -2.31. The van der Waals surface area contributed by atoms with Gasteiger partial charge in [-0.3, -0.25) is 0 Å². The highest BCUT2D eigenvalue weighted by atomic mass is 15.1. The first kappa shape index (κ1) is 30.0. The first-order chi connectivity index (χ1) is 25.3. The van der Waals surface area contributed by atoms with Crippen LogP contribution < -0.4 is 10.2 Å². The van der Waals surface area contributed by atoms with Gasteiger partial charge in [-0.15, -0.1) is 0 Å². The van der Waals surface area contributed by atoms with E-state index < -0.39 is 0 Å². The Kier molecular flexibility index (Phi) is 7.16. The van der Waals surface area contributed by atoms with Gasteiger partial charge in [0.25, 0.3) is 0 Å². The number of fused-ring (bicyclic) bond motifs is 8. The van der Waals surface area contributed by atoms with Crippen molar-refractivity contribution in [1.82, 2.24) is 0 Å². The largest absolute Gasteiger partial charge is 0.355 e. The minimum atomic E-state index is 0.140. The lowest BCUT2D eigenvalue weighted by Gasteiger charge is -2.37. The smallest absolute Gasteiger partial charge is 0.0543 e. The summed E-state index contributed by atoms with van der Waals surface area (Å²) < 4.78 is 0. The van der Waals surface area contributed by atoms with Gasteiger partial charge in [0.1, 0.15) is 0 Å². The normalized spacial score (nSPS) is 19.5. The maximum Gasteiger partial charge on any atom is 0.0543 e. The third kappa shape index (κ3) is 4.93. The zero-order chi connectivity index (χ0) is 33.8. The Morgan fingerprint density at radius 3 is 1.96 bits per heavy atom. The molecule has 3 aliphatic carbocycles. The van der Waals surface area contributed by atoms with Crippen LogP contribution in [0.25, 0.3) is 33.4 Å². The van der Waals surface area contributed by atoms with Crippen molar-refractivity contribution in [3.63, 3.8) is 0 Å². The van der Waals surface area contributed by atoms with Crippen LogP contribution in [-0.2, 0) is 5.41 Å². The number of hydrogen-bond acceptors (Lipinski definition) is 2. The predicted octanol–water partition coefficient (Wildman–Crippen LogP) is 13.3. The van der Waals surface area contributed by atoms with Crippen molar-refractivity contribution in [2.45, 2.75) is 31.1 Å². The first-order valence-corrected chi connectivity index (χ1v) is 18.5. The van der Waals surface area contributed by atoms with Crippen LogP contribution in [0.4, 0.5) is 28.4 Å². The van der Waals surface area contributed by atoms with Crippen molar-refractivity contribution in [2.75, 3.05) is 10.2 Å². The van der Waals surface area contributed by atoms with Crippen LogP contribution in [0.15, 0.2) is 176 Å². The molecule has 0 aliphatic heterocycles. The highest BCUT2D eigenvalue weighted by Crippen LogP contribution is 2.67. The zero-order valence-corrected chi connectivity index (χ0v) is 28.7. The molecule has 7 aromatic rings. The number of rotatable bonds is 7. The minimum absolute atomic E-state index is 0.140. The summed E-state index contributed by atoms with van der Waals surface area (Å²) in [7, 11) is 0.